The Hall–Kier alpha value is -2.20. The van der Waals surface area contributed by atoms with Crippen molar-refractivity contribution in [3.63, 3.8) is 0 Å². The van der Waals surface area contributed by atoms with Gasteiger partial charge in [-0.25, -0.2) is 0 Å². The molecule has 0 bridgehead atoms. The fraction of sp³-hybridized carbons (Fsp3) is 0.400. The van der Waals surface area contributed by atoms with E-state index >= 15 is 0 Å². The second kappa shape index (κ2) is 6.73. The molecule has 2 aromatic rings. The molecule has 0 atom stereocenters. The number of rotatable bonds is 4. The van der Waals surface area contributed by atoms with Gasteiger partial charge in [0.05, 0.1) is 5.60 Å². The lowest BCUT2D eigenvalue weighted by atomic mass is 9.97. The Labute approximate surface area is 143 Å². The average molecular weight is 324 g/mol. The highest BCUT2D eigenvalue weighted by molar-refractivity contribution is 5.94. The summed E-state index contributed by atoms with van der Waals surface area (Å²) in [6.45, 7) is 4.94. The molecule has 0 fully saturated rings. The largest absolute Gasteiger partial charge is 0.390 e. The van der Waals surface area contributed by atoms with Crippen LogP contribution in [0.15, 0.2) is 42.6 Å². The molecule has 1 amide bonds. The summed E-state index contributed by atoms with van der Waals surface area (Å²) in [6.07, 6.45) is 4.05. The van der Waals surface area contributed by atoms with E-state index in [9.17, 15) is 9.90 Å². The van der Waals surface area contributed by atoms with Crippen molar-refractivity contribution in [3.05, 3.63) is 65.0 Å². The lowest BCUT2D eigenvalue weighted by molar-refractivity contribution is 0.0714. The molecule has 1 aliphatic heterocycles. The highest BCUT2D eigenvalue weighted by atomic mass is 16.3. The van der Waals surface area contributed by atoms with Crippen LogP contribution in [0.3, 0.4) is 0 Å². The van der Waals surface area contributed by atoms with Gasteiger partial charge in [0.25, 0.3) is 5.91 Å². The van der Waals surface area contributed by atoms with E-state index in [0.29, 0.717) is 19.5 Å². The summed E-state index contributed by atoms with van der Waals surface area (Å²) in [5.74, 6) is 0.0645. The molecule has 1 aliphatic rings. The van der Waals surface area contributed by atoms with Crippen molar-refractivity contribution in [2.75, 3.05) is 6.54 Å². The number of aliphatic hydroxyl groups is 1. The standard InChI is InChI=1S/C20H24N2O2/c1-20(2,24)10-8-15-5-3-6-16(13-15)19(23)22-12-9-18-17(14-22)7-4-11-21-18/h3-7,11,13,24H,8-10,12,14H2,1-2H3. The summed E-state index contributed by atoms with van der Waals surface area (Å²) in [4.78, 5) is 19.1. The zero-order valence-electron chi connectivity index (χ0n) is 14.3. The number of nitrogens with zero attached hydrogens (tertiary/aromatic N) is 2. The zero-order chi connectivity index (χ0) is 17.2. The molecule has 2 heterocycles. The van der Waals surface area contributed by atoms with E-state index in [1.165, 1.54) is 0 Å². The third kappa shape index (κ3) is 4.01. The van der Waals surface area contributed by atoms with Crippen molar-refractivity contribution in [2.45, 2.75) is 45.3 Å². The minimum Gasteiger partial charge on any atom is -0.390 e. The molecule has 1 N–H and O–H groups in total. The highest BCUT2D eigenvalue weighted by Gasteiger charge is 2.22. The molecule has 0 spiro atoms. The first kappa shape index (κ1) is 16.7. The van der Waals surface area contributed by atoms with Crippen LogP contribution in [0.25, 0.3) is 0 Å². The lowest BCUT2D eigenvalue weighted by Crippen LogP contribution is -2.36. The van der Waals surface area contributed by atoms with Crippen molar-refractivity contribution >= 4 is 5.91 Å². The van der Waals surface area contributed by atoms with E-state index in [1.54, 1.807) is 13.8 Å². The molecule has 0 aliphatic carbocycles. The van der Waals surface area contributed by atoms with Gasteiger partial charge in [-0.1, -0.05) is 18.2 Å². The second-order valence-corrected chi connectivity index (χ2v) is 7.10. The minimum atomic E-state index is -0.691. The van der Waals surface area contributed by atoms with Crippen molar-refractivity contribution in [1.29, 1.82) is 0 Å². The van der Waals surface area contributed by atoms with Gasteiger partial charge >= 0.3 is 0 Å². The number of aryl methyl sites for hydroxylation is 1. The smallest absolute Gasteiger partial charge is 0.254 e. The summed E-state index contributed by atoms with van der Waals surface area (Å²) in [5.41, 5.74) is 3.34. The van der Waals surface area contributed by atoms with Crippen LogP contribution < -0.4 is 0 Å². The number of carbonyl (C=O) groups excluding carboxylic acids is 1. The second-order valence-electron chi connectivity index (χ2n) is 7.10. The van der Waals surface area contributed by atoms with Crippen LogP contribution in [0.2, 0.25) is 0 Å². The maximum absolute atomic E-state index is 12.8. The van der Waals surface area contributed by atoms with Gasteiger partial charge in [0.15, 0.2) is 0 Å². The van der Waals surface area contributed by atoms with Gasteiger partial charge in [-0.3, -0.25) is 9.78 Å². The third-order valence-corrected chi connectivity index (χ3v) is 4.45. The maximum atomic E-state index is 12.8. The van der Waals surface area contributed by atoms with Gasteiger partial charge in [-0.05, 0) is 56.0 Å². The number of hydrogen-bond acceptors (Lipinski definition) is 3. The molecule has 0 saturated heterocycles. The van der Waals surface area contributed by atoms with Crippen molar-refractivity contribution < 1.29 is 9.90 Å². The number of carbonyl (C=O) groups is 1. The van der Waals surface area contributed by atoms with Crippen LogP contribution in [0.4, 0.5) is 0 Å². The van der Waals surface area contributed by atoms with Crippen LogP contribution in [0.5, 0.6) is 0 Å². The predicted molar refractivity (Wildman–Crippen MR) is 93.7 cm³/mol. The Kier molecular flexibility index (Phi) is 4.67. The Balaban J connectivity index is 1.72. The maximum Gasteiger partial charge on any atom is 0.254 e. The Morgan fingerprint density at radius 1 is 1.29 bits per heavy atom. The number of benzene rings is 1. The van der Waals surface area contributed by atoms with Crippen LogP contribution in [-0.4, -0.2) is 33.0 Å². The fourth-order valence-electron chi connectivity index (χ4n) is 3.03. The lowest BCUT2D eigenvalue weighted by Gasteiger charge is -2.28. The molecular weight excluding hydrogens is 300 g/mol. The molecule has 1 aromatic carbocycles. The van der Waals surface area contributed by atoms with Crippen LogP contribution >= 0.6 is 0 Å². The molecule has 24 heavy (non-hydrogen) atoms. The van der Waals surface area contributed by atoms with Gasteiger partial charge in [-0.15, -0.1) is 0 Å². The van der Waals surface area contributed by atoms with Crippen molar-refractivity contribution in [3.8, 4) is 0 Å². The van der Waals surface area contributed by atoms with E-state index in [1.807, 2.05) is 47.5 Å². The van der Waals surface area contributed by atoms with Crippen LogP contribution in [-0.2, 0) is 19.4 Å². The summed E-state index contributed by atoms with van der Waals surface area (Å²) >= 11 is 0. The number of pyridine rings is 1. The quantitative estimate of drug-likeness (QED) is 0.940. The van der Waals surface area contributed by atoms with Gasteiger partial charge in [0.2, 0.25) is 0 Å². The predicted octanol–water partition coefficient (Wildman–Crippen LogP) is 2.98. The molecular formula is C20H24N2O2. The Morgan fingerprint density at radius 2 is 2.12 bits per heavy atom. The first-order valence-corrected chi connectivity index (χ1v) is 8.46. The SMILES string of the molecule is CC(C)(O)CCc1cccc(C(=O)N2CCc3ncccc3C2)c1. The monoisotopic (exact) mass is 324 g/mol. The van der Waals surface area contributed by atoms with E-state index in [-0.39, 0.29) is 5.91 Å². The Morgan fingerprint density at radius 3 is 2.92 bits per heavy atom. The molecule has 0 radical (unpaired) electrons. The summed E-state index contributed by atoms with van der Waals surface area (Å²) in [5, 5.41) is 9.87. The molecule has 3 rings (SSSR count). The number of fused-ring (bicyclic) bond motifs is 1. The first-order chi connectivity index (χ1) is 11.4. The average Bonchev–Trinajstić information content (AvgIpc) is 2.58. The normalized spacial score (nSPS) is 14.4. The fourth-order valence-corrected chi connectivity index (χ4v) is 3.03. The van der Waals surface area contributed by atoms with E-state index in [4.69, 9.17) is 0 Å². The van der Waals surface area contributed by atoms with Gasteiger partial charge in [0.1, 0.15) is 0 Å². The summed E-state index contributed by atoms with van der Waals surface area (Å²) < 4.78 is 0. The molecule has 126 valence electrons. The number of aromatic nitrogens is 1. The molecule has 1 aromatic heterocycles. The molecule has 4 nitrogen and oxygen atoms in total. The summed E-state index contributed by atoms with van der Waals surface area (Å²) in [6, 6.07) is 11.7. The molecule has 4 heteroatoms. The number of amides is 1. The molecule has 0 saturated carbocycles. The van der Waals surface area contributed by atoms with E-state index in [0.717, 1.165) is 35.2 Å². The minimum absolute atomic E-state index is 0.0645. The first-order valence-electron chi connectivity index (χ1n) is 8.46. The van der Waals surface area contributed by atoms with E-state index in [2.05, 4.69) is 4.98 Å². The van der Waals surface area contributed by atoms with Gasteiger partial charge < -0.3 is 10.0 Å². The third-order valence-electron chi connectivity index (χ3n) is 4.45. The molecule has 0 unspecified atom stereocenters. The highest BCUT2D eigenvalue weighted by Crippen LogP contribution is 2.20. The van der Waals surface area contributed by atoms with Crippen molar-refractivity contribution in [2.24, 2.45) is 0 Å². The van der Waals surface area contributed by atoms with Crippen LogP contribution in [0.1, 0.15) is 47.4 Å². The van der Waals surface area contributed by atoms with Crippen molar-refractivity contribution in [1.82, 2.24) is 9.88 Å². The van der Waals surface area contributed by atoms with Crippen LogP contribution in [0, 0.1) is 0 Å². The summed E-state index contributed by atoms with van der Waals surface area (Å²) in [7, 11) is 0. The Bertz CT molecular complexity index is 734. The topological polar surface area (TPSA) is 53.4 Å². The van der Waals surface area contributed by atoms with Gasteiger partial charge in [-0.2, -0.15) is 0 Å². The number of hydrogen-bond donors (Lipinski definition) is 1. The zero-order valence-corrected chi connectivity index (χ0v) is 14.3. The van der Waals surface area contributed by atoms with E-state index < -0.39 is 5.60 Å². The van der Waals surface area contributed by atoms with Gasteiger partial charge in [0, 0.05) is 37.0 Å².